The number of hydrogen-bond donors (Lipinski definition) is 0. The summed E-state index contributed by atoms with van der Waals surface area (Å²) in [5.74, 6) is 0.979. The van der Waals surface area contributed by atoms with E-state index in [-0.39, 0.29) is 0 Å². The first-order valence-electron chi connectivity index (χ1n) is 8.45. The first-order chi connectivity index (χ1) is 11.4. The summed E-state index contributed by atoms with van der Waals surface area (Å²) >= 11 is 1.98. The van der Waals surface area contributed by atoms with Gasteiger partial charge in [0, 0.05) is 21.7 Å². The van der Waals surface area contributed by atoms with E-state index < -0.39 is 0 Å². The fraction of sp³-hybridized carbons (Fsp3) is 0.286. The largest absolute Gasteiger partial charge is 0.255 e. The lowest BCUT2D eigenvalue weighted by molar-refractivity contribution is 0.658. The third kappa shape index (κ3) is 3.59. The number of nitrogens with zero attached hydrogens (tertiary/aromatic N) is 1. The zero-order valence-electron chi connectivity index (χ0n) is 13.2. The van der Waals surface area contributed by atoms with Crippen LogP contribution in [0.1, 0.15) is 36.5 Å². The van der Waals surface area contributed by atoms with Crippen molar-refractivity contribution in [2.75, 3.05) is 0 Å². The van der Waals surface area contributed by atoms with Crippen molar-refractivity contribution < 1.29 is 0 Å². The van der Waals surface area contributed by atoms with E-state index in [9.17, 15) is 0 Å². The molecule has 23 heavy (non-hydrogen) atoms. The second-order valence-corrected chi connectivity index (χ2v) is 7.61. The van der Waals surface area contributed by atoms with Crippen LogP contribution in [-0.4, -0.2) is 4.98 Å². The highest BCUT2D eigenvalue weighted by Gasteiger charge is 2.24. The third-order valence-electron chi connectivity index (χ3n) is 4.57. The van der Waals surface area contributed by atoms with Gasteiger partial charge in [0.25, 0.3) is 0 Å². The number of hydrogen-bond acceptors (Lipinski definition) is 2. The van der Waals surface area contributed by atoms with Gasteiger partial charge in [0.05, 0.1) is 5.52 Å². The van der Waals surface area contributed by atoms with E-state index in [1.165, 1.54) is 41.5 Å². The zero-order valence-corrected chi connectivity index (χ0v) is 14.0. The molecule has 1 nitrogen and oxygen atoms in total. The molecule has 1 aliphatic carbocycles. The fourth-order valence-corrected chi connectivity index (χ4v) is 4.37. The highest BCUT2D eigenvalue weighted by Crippen LogP contribution is 2.44. The van der Waals surface area contributed by atoms with Gasteiger partial charge in [0.2, 0.25) is 0 Å². The molecule has 0 radical (unpaired) electrons. The summed E-state index contributed by atoms with van der Waals surface area (Å²) in [6.07, 6.45) is 7.37. The smallest absolute Gasteiger partial charge is 0.0837 e. The lowest BCUT2D eigenvalue weighted by atomic mass is 10.1. The van der Waals surface area contributed by atoms with Crippen molar-refractivity contribution in [3.63, 3.8) is 0 Å². The van der Waals surface area contributed by atoms with Crippen LogP contribution >= 0.6 is 11.8 Å². The van der Waals surface area contributed by atoms with Gasteiger partial charge in [-0.05, 0) is 36.5 Å². The van der Waals surface area contributed by atoms with Crippen molar-refractivity contribution in [3.8, 4) is 0 Å². The number of rotatable bonds is 6. The number of fused-ring (bicyclic) bond motifs is 1. The van der Waals surface area contributed by atoms with Crippen LogP contribution in [0.3, 0.4) is 0 Å². The van der Waals surface area contributed by atoms with Gasteiger partial charge >= 0.3 is 0 Å². The second-order valence-electron chi connectivity index (χ2n) is 6.37. The van der Waals surface area contributed by atoms with E-state index >= 15 is 0 Å². The number of para-hydroxylation sites is 1. The molecule has 0 bridgehead atoms. The molecular formula is C21H21NS. The van der Waals surface area contributed by atoms with Crippen molar-refractivity contribution in [1.29, 1.82) is 0 Å². The average Bonchev–Trinajstić information content (AvgIpc) is 3.44. The van der Waals surface area contributed by atoms with Crippen LogP contribution in [0.2, 0.25) is 0 Å². The molecule has 3 aromatic rings. The molecule has 1 heterocycles. The van der Waals surface area contributed by atoms with Gasteiger partial charge in [-0.1, -0.05) is 61.4 Å². The predicted octanol–water partition coefficient (Wildman–Crippen LogP) is 6.26. The highest BCUT2D eigenvalue weighted by molar-refractivity contribution is 7.99. The van der Waals surface area contributed by atoms with Crippen LogP contribution in [0.5, 0.6) is 0 Å². The Morgan fingerprint density at radius 2 is 1.78 bits per heavy atom. The Morgan fingerprint density at radius 3 is 2.61 bits per heavy atom. The molecule has 0 aliphatic heterocycles. The minimum atomic E-state index is 0.518. The van der Waals surface area contributed by atoms with Crippen molar-refractivity contribution in [3.05, 3.63) is 72.4 Å². The van der Waals surface area contributed by atoms with Crippen molar-refractivity contribution in [2.45, 2.75) is 35.8 Å². The Hall–Kier alpha value is -1.80. The second kappa shape index (κ2) is 6.76. The summed E-state index contributed by atoms with van der Waals surface area (Å²) in [7, 11) is 0. The van der Waals surface area contributed by atoms with Crippen molar-refractivity contribution >= 4 is 22.7 Å². The van der Waals surface area contributed by atoms with Crippen LogP contribution in [-0.2, 0) is 0 Å². The molecule has 1 fully saturated rings. The van der Waals surface area contributed by atoms with E-state index in [1.807, 2.05) is 24.0 Å². The Kier molecular flexibility index (Phi) is 4.34. The Labute approximate surface area is 142 Å². The predicted molar refractivity (Wildman–Crippen MR) is 98.7 cm³/mol. The average molecular weight is 319 g/mol. The maximum Gasteiger partial charge on any atom is 0.0837 e. The minimum absolute atomic E-state index is 0.518. The third-order valence-corrected chi connectivity index (χ3v) is 5.95. The molecule has 0 amide bonds. The number of benzene rings is 2. The molecule has 0 saturated heterocycles. The molecule has 1 aromatic heterocycles. The molecule has 4 rings (SSSR count). The van der Waals surface area contributed by atoms with Crippen molar-refractivity contribution in [2.24, 2.45) is 5.92 Å². The van der Waals surface area contributed by atoms with Gasteiger partial charge < -0.3 is 0 Å². The van der Waals surface area contributed by atoms with E-state index in [2.05, 4.69) is 59.6 Å². The molecule has 1 saturated carbocycles. The maximum absolute atomic E-state index is 4.61. The Morgan fingerprint density at radius 1 is 0.957 bits per heavy atom. The lowest BCUT2D eigenvalue weighted by Crippen LogP contribution is -1.96. The summed E-state index contributed by atoms with van der Waals surface area (Å²) in [4.78, 5) is 5.91. The van der Waals surface area contributed by atoms with E-state index in [4.69, 9.17) is 0 Å². The summed E-state index contributed by atoms with van der Waals surface area (Å²) in [5.41, 5.74) is 2.57. The first-order valence-corrected chi connectivity index (χ1v) is 9.33. The van der Waals surface area contributed by atoms with Crippen LogP contribution in [0.4, 0.5) is 0 Å². The summed E-state index contributed by atoms with van der Waals surface area (Å²) < 4.78 is 0. The normalized spacial score (nSPS) is 15.7. The standard InChI is InChI=1S/C21H21NS/c1-2-6-17(7-3-1)19(14-13-16-11-12-16)23-20-10-4-8-18-9-5-15-22-21(18)20/h1-10,15-16,19H,11-14H2/t19-/m0/s1. The molecule has 1 atom stereocenters. The summed E-state index contributed by atoms with van der Waals surface area (Å²) in [5, 5.41) is 1.75. The molecule has 2 heteroatoms. The first kappa shape index (κ1) is 14.8. The van der Waals surface area contributed by atoms with Crippen molar-refractivity contribution in [1.82, 2.24) is 4.98 Å². The molecule has 116 valence electrons. The molecule has 0 unspecified atom stereocenters. The summed E-state index contributed by atoms with van der Waals surface area (Å²) in [6.45, 7) is 0. The molecule has 2 aromatic carbocycles. The minimum Gasteiger partial charge on any atom is -0.255 e. The molecule has 0 N–H and O–H groups in total. The van der Waals surface area contributed by atoms with Gasteiger partial charge in [0.1, 0.15) is 0 Å². The van der Waals surface area contributed by atoms with E-state index in [0.29, 0.717) is 5.25 Å². The van der Waals surface area contributed by atoms with E-state index in [1.54, 1.807) is 0 Å². The monoisotopic (exact) mass is 319 g/mol. The number of aromatic nitrogens is 1. The van der Waals surface area contributed by atoms with Crippen LogP contribution in [0.25, 0.3) is 10.9 Å². The highest BCUT2D eigenvalue weighted by atomic mass is 32.2. The molecule has 0 spiro atoms. The Balaban J connectivity index is 1.63. The number of pyridine rings is 1. The van der Waals surface area contributed by atoms with E-state index in [0.717, 1.165) is 11.4 Å². The fourth-order valence-electron chi connectivity index (χ4n) is 3.08. The van der Waals surface area contributed by atoms with Gasteiger partial charge in [-0.2, -0.15) is 0 Å². The van der Waals surface area contributed by atoms with Crippen LogP contribution in [0.15, 0.2) is 71.8 Å². The zero-order chi connectivity index (χ0) is 15.5. The molecule has 1 aliphatic rings. The quantitative estimate of drug-likeness (QED) is 0.497. The van der Waals surface area contributed by atoms with Gasteiger partial charge in [0.15, 0.2) is 0 Å². The van der Waals surface area contributed by atoms with Gasteiger partial charge in [-0.15, -0.1) is 11.8 Å². The van der Waals surface area contributed by atoms with Crippen LogP contribution < -0.4 is 0 Å². The lowest BCUT2D eigenvalue weighted by Gasteiger charge is -2.18. The summed E-state index contributed by atoms with van der Waals surface area (Å²) in [6, 6.07) is 21.6. The SMILES string of the molecule is c1ccc([C@H](CCC2CC2)Sc2cccc3cccnc23)cc1. The maximum atomic E-state index is 4.61. The van der Waals surface area contributed by atoms with Gasteiger partial charge in [-0.25, -0.2) is 0 Å². The molecular weight excluding hydrogens is 298 g/mol. The van der Waals surface area contributed by atoms with Gasteiger partial charge in [-0.3, -0.25) is 4.98 Å². The number of thioether (sulfide) groups is 1. The topological polar surface area (TPSA) is 12.9 Å². The Bertz CT molecular complexity index is 775. The van der Waals surface area contributed by atoms with Crippen LogP contribution in [0, 0.1) is 5.92 Å².